The van der Waals surface area contributed by atoms with E-state index < -0.39 is 14.9 Å². The minimum atomic E-state index is -3.74. The molecular weight excluding hydrogens is 350 g/mol. The first-order valence-corrected chi connectivity index (χ1v) is 9.82. The van der Waals surface area contributed by atoms with Crippen LogP contribution in [0.25, 0.3) is 0 Å². The van der Waals surface area contributed by atoms with Crippen LogP contribution >= 0.6 is 11.8 Å². The summed E-state index contributed by atoms with van der Waals surface area (Å²) in [6.45, 7) is 0. The highest BCUT2D eigenvalue weighted by Gasteiger charge is 2.20. The number of nitro benzene ring substituents is 1. The van der Waals surface area contributed by atoms with Crippen molar-refractivity contribution in [2.75, 3.05) is 18.6 Å². The van der Waals surface area contributed by atoms with Crippen molar-refractivity contribution in [2.24, 2.45) is 0 Å². The molecule has 0 aliphatic heterocycles. The van der Waals surface area contributed by atoms with Gasteiger partial charge in [0, 0.05) is 17.5 Å². The number of nitrogens with one attached hydrogen (secondary N) is 2. The maximum Gasteiger partial charge on any atom is 0.294 e. The van der Waals surface area contributed by atoms with Crippen molar-refractivity contribution in [2.45, 2.75) is 10.6 Å². The molecule has 9 heteroatoms. The third-order valence-corrected chi connectivity index (χ3v) is 5.32. The van der Waals surface area contributed by atoms with Crippen molar-refractivity contribution in [3.8, 4) is 0 Å². The molecule has 2 N–H and O–H groups in total. The number of anilines is 2. The Hall–Kier alpha value is -2.10. The second-order valence-corrected chi connectivity index (χ2v) is 7.65. The van der Waals surface area contributed by atoms with E-state index in [2.05, 4.69) is 10.0 Å². The molecule has 0 aliphatic carbocycles. The van der Waals surface area contributed by atoms with Crippen LogP contribution in [0, 0.1) is 10.1 Å². The van der Waals surface area contributed by atoms with Gasteiger partial charge in [0.25, 0.3) is 5.69 Å². The summed E-state index contributed by atoms with van der Waals surface area (Å²) in [7, 11) is -2.49. The number of nitro groups is 1. The minimum absolute atomic E-state index is 0.155. The summed E-state index contributed by atoms with van der Waals surface area (Å²) in [5.41, 5.74) is 1.76. The van der Waals surface area contributed by atoms with Crippen molar-refractivity contribution >= 4 is 38.8 Å². The number of benzene rings is 2. The lowest BCUT2D eigenvalue weighted by atomic mass is 10.2. The van der Waals surface area contributed by atoms with Crippen LogP contribution in [0.15, 0.2) is 47.4 Å². The summed E-state index contributed by atoms with van der Waals surface area (Å²) >= 11 is 1.70. The van der Waals surface area contributed by atoms with E-state index in [4.69, 9.17) is 0 Å². The standard InChI is InChI=1S/C15H17N3O4S2/c1-16-24(21,22)13-7-8-14(15(9-13)18(19)20)17-12-5-3-11(4-6-12)10-23-2/h3-9,16-17H,10H2,1-2H3. The second kappa shape index (κ2) is 7.65. The van der Waals surface area contributed by atoms with E-state index in [9.17, 15) is 18.5 Å². The fraction of sp³-hybridized carbons (Fsp3) is 0.200. The predicted molar refractivity (Wildman–Crippen MR) is 96.3 cm³/mol. The zero-order chi connectivity index (χ0) is 17.7. The number of thioether (sulfide) groups is 1. The Kier molecular flexibility index (Phi) is 5.81. The third kappa shape index (κ3) is 4.25. The first-order chi connectivity index (χ1) is 11.4. The van der Waals surface area contributed by atoms with Gasteiger partial charge in [0.1, 0.15) is 5.69 Å². The summed E-state index contributed by atoms with van der Waals surface area (Å²) < 4.78 is 25.7. The topological polar surface area (TPSA) is 101 Å². The molecule has 0 bridgehead atoms. The van der Waals surface area contributed by atoms with E-state index in [-0.39, 0.29) is 16.3 Å². The molecule has 0 amide bonds. The highest BCUT2D eigenvalue weighted by Crippen LogP contribution is 2.30. The summed E-state index contributed by atoms with van der Waals surface area (Å²) in [5, 5.41) is 14.2. The van der Waals surface area contributed by atoms with Gasteiger partial charge in [-0.2, -0.15) is 11.8 Å². The van der Waals surface area contributed by atoms with Crippen LogP contribution in [0.1, 0.15) is 5.56 Å². The van der Waals surface area contributed by atoms with E-state index in [1.807, 2.05) is 30.5 Å². The summed E-state index contributed by atoms with van der Waals surface area (Å²) in [6.07, 6.45) is 2.01. The molecule has 128 valence electrons. The Morgan fingerprint density at radius 3 is 2.38 bits per heavy atom. The zero-order valence-electron chi connectivity index (χ0n) is 13.1. The number of sulfonamides is 1. The predicted octanol–water partition coefficient (Wildman–Crippen LogP) is 3.11. The molecule has 2 aromatic rings. The monoisotopic (exact) mass is 367 g/mol. The smallest absolute Gasteiger partial charge is 0.294 e. The van der Waals surface area contributed by atoms with Crippen molar-refractivity contribution < 1.29 is 13.3 Å². The van der Waals surface area contributed by atoms with Gasteiger partial charge in [-0.3, -0.25) is 10.1 Å². The summed E-state index contributed by atoms with van der Waals surface area (Å²) in [5.74, 6) is 0.886. The van der Waals surface area contributed by atoms with Crippen molar-refractivity contribution in [3.05, 3.63) is 58.1 Å². The van der Waals surface area contributed by atoms with Crippen LogP contribution in [0.2, 0.25) is 0 Å². The Bertz CT molecular complexity index is 836. The molecule has 2 aromatic carbocycles. The van der Waals surface area contributed by atoms with Gasteiger partial charge in [0.15, 0.2) is 0 Å². The second-order valence-electron chi connectivity index (χ2n) is 4.90. The maximum absolute atomic E-state index is 11.8. The van der Waals surface area contributed by atoms with Crippen LogP contribution in [-0.2, 0) is 15.8 Å². The van der Waals surface area contributed by atoms with Gasteiger partial charge >= 0.3 is 0 Å². The lowest BCUT2D eigenvalue weighted by Crippen LogP contribution is -2.18. The molecule has 0 unspecified atom stereocenters. The van der Waals surface area contributed by atoms with E-state index in [0.717, 1.165) is 17.4 Å². The molecule has 0 radical (unpaired) electrons. The van der Waals surface area contributed by atoms with E-state index in [1.54, 1.807) is 11.8 Å². The molecule has 7 nitrogen and oxygen atoms in total. The van der Waals surface area contributed by atoms with Gasteiger partial charge in [0.05, 0.1) is 9.82 Å². The van der Waals surface area contributed by atoms with Gasteiger partial charge in [0.2, 0.25) is 10.0 Å². The summed E-state index contributed by atoms with van der Waals surface area (Å²) in [6, 6.07) is 11.3. The zero-order valence-corrected chi connectivity index (χ0v) is 14.8. The van der Waals surface area contributed by atoms with E-state index in [0.29, 0.717) is 5.69 Å². The van der Waals surface area contributed by atoms with Crippen LogP contribution in [0.3, 0.4) is 0 Å². The largest absolute Gasteiger partial charge is 0.350 e. The Labute approximate surface area is 144 Å². The highest BCUT2D eigenvalue weighted by molar-refractivity contribution is 7.97. The van der Waals surface area contributed by atoms with E-state index >= 15 is 0 Å². The fourth-order valence-electron chi connectivity index (χ4n) is 2.06. The SMILES string of the molecule is CNS(=O)(=O)c1ccc(Nc2ccc(CSC)cc2)c([N+](=O)[O-])c1. The summed E-state index contributed by atoms with van der Waals surface area (Å²) in [4.78, 5) is 10.5. The fourth-order valence-corrected chi connectivity index (χ4v) is 3.34. The number of hydrogen-bond acceptors (Lipinski definition) is 6. The average molecular weight is 367 g/mol. The molecule has 0 aromatic heterocycles. The lowest BCUT2D eigenvalue weighted by Gasteiger charge is -2.09. The van der Waals surface area contributed by atoms with Crippen LogP contribution in [0.5, 0.6) is 0 Å². The van der Waals surface area contributed by atoms with Crippen molar-refractivity contribution in [1.82, 2.24) is 4.72 Å². The molecule has 0 spiro atoms. The average Bonchev–Trinajstić information content (AvgIpc) is 2.57. The van der Waals surface area contributed by atoms with Gasteiger partial charge in [-0.1, -0.05) is 12.1 Å². The first-order valence-electron chi connectivity index (χ1n) is 6.94. The molecule has 24 heavy (non-hydrogen) atoms. The van der Waals surface area contributed by atoms with Gasteiger partial charge in [-0.05, 0) is 43.1 Å². The molecule has 0 saturated heterocycles. The molecule has 2 rings (SSSR count). The Balaban J connectivity index is 2.34. The number of nitrogens with zero attached hydrogens (tertiary/aromatic N) is 1. The van der Waals surface area contributed by atoms with Crippen molar-refractivity contribution in [1.29, 1.82) is 0 Å². The molecule has 0 saturated carbocycles. The van der Waals surface area contributed by atoms with Crippen molar-refractivity contribution in [3.63, 3.8) is 0 Å². The molecular formula is C15H17N3O4S2. The highest BCUT2D eigenvalue weighted by atomic mass is 32.2. The van der Waals surface area contributed by atoms with Crippen LogP contribution in [0.4, 0.5) is 17.1 Å². The number of rotatable bonds is 7. The molecule has 0 heterocycles. The van der Waals surface area contributed by atoms with E-state index in [1.165, 1.54) is 19.2 Å². The van der Waals surface area contributed by atoms with Gasteiger partial charge < -0.3 is 5.32 Å². The van der Waals surface area contributed by atoms with Crippen LogP contribution in [-0.4, -0.2) is 26.6 Å². The minimum Gasteiger partial charge on any atom is -0.350 e. The van der Waals surface area contributed by atoms with Gasteiger partial charge in [-0.15, -0.1) is 0 Å². The third-order valence-electron chi connectivity index (χ3n) is 3.29. The Morgan fingerprint density at radius 2 is 1.83 bits per heavy atom. The van der Waals surface area contributed by atoms with Gasteiger partial charge in [-0.25, -0.2) is 13.1 Å². The maximum atomic E-state index is 11.8. The number of hydrogen-bond donors (Lipinski definition) is 2. The normalized spacial score (nSPS) is 11.2. The molecule has 0 aliphatic rings. The molecule has 0 fully saturated rings. The lowest BCUT2D eigenvalue weighted by molar-refractivity contribution is -0.384. The first kappa shape index (κ1) is 18.2. The quantitative estimate of drug-likeness (QED) is 0.576. The molecule has 0 atom stereocenters. The Morgan fingerprint density at radius 1 is 1.17 bits per heavy atom. The van der Waals surface area contributed by atoms with Crippen LogP contribution < -0.4 is 10.0 Å².